The van der Waals surface area contributed by atoms with Gasteiger partial charge in [-0.3, -0.25) is 0 Å². The Kier molecular flexibility index (Phi) is 4.76. The van der Waals surface area contributed by atoms with Crippen LogP contribution in [0.1, 0.15) is 18.1 Å². The van der Waals surface area contributed by atoms with E-state index >= 15 is 0 Å². The highest BCUT2D eigenvalue weighted by atomic mass is 16.5. The Morgan fingerprint density at radius 3 is 2.30 bits per heavy atom. The number of aromatic nitrogens is 2. The molecular formula is C15H20N4O. The third kappa shape index (κ3) is 3.38. The van der Waals surface area contributed by atoms with Crippen LogP contribution in [0.5, 0.6) is 5.75 Å². The average molecular weight is 272 g/mol. The Hall–Kier alpha value is -2.30. The number of aryl methyl sites for hydroxylation is 1. The van der Waals surface area contributed by atoms with Crippen LogP contribution < -0.4 is 15.4 Å². The number of nitrogens with one attached hydrogen (secondary N) is 2. The molecule has 0 unspecified atom stereocenters. The molecule has 0 saturated carbocycles. The lowest BCUT2D eigenvalue weighted by Gasteiger charge is -2.13. The summed E-state index contributed by atoms with van der Waals surface area (Å²) in [6, 6.07) is 8.39. The zero-order valence-electron chi connectivity index (χ0n) is 12.1. The van der Waals surface area contributed by atoms with Crippen molar-refractivity contribution in [2.75, 3.05) is 24.3 Å². The van der Waals surface area contributed by atoms with Crippen molar-refractivity contribution >= 4 is 11.6 Å². The Bertz CT molecular complexity index is 554. The van der Waals surface area contributed by atoms with E-state index in [4.69, 9.17) is 4.74 Å². The highest BCUT2D eigenvalue weighted by Crippen LogP contribution is 2.28. The van der Waals surface area contributed by atoms with Gasteiger partial charge in [-0.05, 0) is 19.4 Å². The summed E-state index contributed by atoms with van der Waals surface area (Å²) in [6.45, 7) is 5.57. The molecule has 20 heavy (non-hydrogen) atoms. The molecule has 0 aliphatic heterocycles. The molecule has 1 aromatic heterocycles. The fourth-order valence-electron chi connectivity index (χ4n) is 1.88. The Balaban J connectivity index is 2.12. The maximum atomic E-state index is 5.39. The zero-order chi connectivity index (χ0) is 14.4. The molecule has 2 N–H and O–H groups in total. The van der Waals surface area contributed by atoms with Crippen molar-refractivity contribution in [2.45, 2.75) is 20.4 Å². The lowest BCUT2D eigenvalue weighted by Crippen LogP contribution is -2.08. The minimum absolute atomic E-state index is 0.640. The van der Waals surface area contributed by atoms with Gasteiger partial charge in [-0.15, -0.1) is 0 Å². The molecule has 0 atom stereocenters. The first-order valence-electron chi connectivity index (χ1n) is 6.67. The number of ether oxygens (including phenoxy) is 1. The minimum Gasteiger partial charge on any atom is -0.490 e. The molecule has 2 rings (SSSR count). The van der Waals surface area contributed by atoms with Gasteiger partial charge in [-0.2, -0.15) is 0 Å². The highest BCUT2D eigenvalue weighted by Gasteiger charge is 2.10. The van der Waals surface area contributed by atoms with Crippen LogP contribution in [-0.4, -0.2) is 23.6 Å². The van der Waals surface area contributed by atoms with Gasteiger partial charge < -0.3 is 15.4 Å². The predicted octanol–water partition coefficient (Wildman–Crippen LogP) is 2.84. The zero-order valence-corrected chi connectivity index (χ0v) is 12.1. The molecule has 1 aromatic carbocycles. The molecule has 106 valence electrons. The Morgan fingerprint density at radius 1 is 1.05 bits per heavy atom. The third-order valence-corrected chi connectivity index (χ3v) is 2.93. The first kappa shape index (κ1) is 14.1. The second-order valence-corrected chi connectivity index (χ2v) is 4.47. The summed E-state index contributed by atoms with van der Waals surface area (Å²) in [5.74, 6) is 2.04. The molecule has 0 radical (unpaired) electrons. The number of nitrogens with zero attached hydrogens (tertiary/aromatic N) is 2. The molecule has 5 heteroatoms. The summed E-state index contributed by atoms with van der Waals surface area (Å²) in [7, 11) is 1.62. The first-order valence-corrected chi connectivity index (χ1v) is 6.67. The van der Waals surface area contributed by atoms with E-state index in [0.717, 1.165) is 6.54 Å². The van der Waals surface area contributed by atoms with Gasteiger partial charge in [-0.1, -0.05) is 29.8 Å². The first-order chi connectivity index (χ1) is 9.74. The third-order valence-electron chi connectivity index (χ3n) is 2.93. The lowest BCUT2D eigenvalue weighted by molar-refractivity contribution is 0.414. The molecule has 1 heterocycles. The van der Waals surface area contributed by atoms with E-state index in [-0.39, 0.29) is 0 Å². The smallest absolute Gasteiger partial charge is 0.204 e. The van der Waals surface area contributed by atoms with Crippen LogP contribution in [0.2, 0.25) is 0 Å². The van der Waals surface area contributed by atoms with E-state index in [1.807, 2.05) is 6.92 Å². The van der Waals surface area contributed by atoms with E-state index in [1.54, 1.807) is 7.11 Å². The highest BCUT2D eigenvalue weighted by molar-refractivity contribution is 5.63. The van der Waals surface area contributed by atoms with Gasteiger partial charge in [0, 0.05) is 13.1 Å². The monoisotopic (exact) mass is 272 g/mol. The van der Waals surface area contributed by atoms with Crippen molar-refractivity contribution in [3.63, 3.8) is 0 Å². The molecule has 5 nitrogen and oxygen atoms in total. The van der Waals surface area contributed by atoms with Crippen LogP contribution in [0.4, 0.5) is 11.6 Å². The lowest BCUT2D eigenvalue weighted by atomic mass is 10.1. The summed E-state index contributed by atoms with van der Waals surface area (Å²) < 4.78 is 5.39. The number of benzene rings is 1. The van der Waals surface area contributed by atoms with E-state index in [1.165, 1.54) is 17.5 Å². The van der Waals surface area contributed by atoms with Crippen molar-refractivity contribution in [2.24, 2.45) is 0 Å². The van der Waals surface area contributed by atoms with Gasteiger partial charge in [-0.25, -0.2) is 9.97 Å². The average Bonchev–Trinajstić information content (AvgIpc) is 2.47. The maximum absolute atomic E-state index is 5.39. The van der Waals surface area contributed by atoms with Gasteiger partial charge in [0.25, 0.3) is 0 Å². The van der Waals surface area contributed by atoms with Gasteiger partial charge >= 0.3 is 0 Å². The molecule has 0 aliphatic carbocycles. The van der Waals surface area contributed by atoms with Crippen LogP contribution in [0.3, 0.4) is 0 Å². The van der Waals surface area contributed by atoms with E-state index in [2.05, 4.69) is 51.8 Å². The van der Waals surface area contributed by atoms with Gasteiger partial charge in [0.15, 0.2) is 11.6 Å². The number of anilines is 2. The van der Waals surface area contributed by atoms with E-state index in [0.29, 0.717) is 23.9 Å². The molecule has 0 bridgehead atoms. The minimum atomic E-state index is 0.640. The van der Waals surface area contributed by atoms with Gasteiger partial charge in [0.1, 0.15) is 6.33 Å². The normalized spacial score (nSPS) is 10.2. The summed E-state index contributed by atoms with van der Waals surface area (Å²) in [4.78, 5) is 8.42. The van der Waals surface area contributed by atoms with Crippen LogP contribution in [0, 0.1) is 6.92 Å². The molecular weight excluding hydrogens is 252 g/mol. The molecule has 2 aromatic rings. The Morgan fingerprint density at radius 2 is 1.70 bits per heavy atom. The van der Waals surface area contributed by atoms with Crippen molar-refractivity contribution < 1.29 is 4.74 Å². The Labute approximate surface area is 119 Å². The summed E-state index contributed by atoms with van der Waals surface area (Å²) in [6.07, 6.45) is 1.53. The second kappa shape index (κ2) is 6.75. The molecule has 0 saturated heterocycles. The number of methoxy groups -OCH3 is 1. The standard InChI is InChI=1S/C15H20N4O/c1-4-16-14-13(20-3)15(19-10-18-14)17-9-12-7-5-11(2)6-8-12/h5-8,10H,4,9H2,1-3H3,(H2,16,17,18,19). The SMILES string of the molecule is CCNc1ncnc(NCc2ccc(C)cc2)c1OC. The molecule has 0 fully saturated rings. The van der Waals surface area contributed by atoms with Crippen molar-refractivity contribution in [1.82, 2.24) is 9.97 Å². The second-order valence-electron chi connectivity index (χ2n) is 4.47. The van der Waals surface area contributed by atoms with Crippen LogP contribution in [0.25, 0.3) is 0 Å². The topological polar surface area (TPSA) is 59.1 Å². The van der Waals surface area contributed by atoms with Gasteiger partial charge in [0.2, 0.25) is 5.75 Å². The number of hydrogen-bond donors (Lipinski definition) is 2. The molecule has 0 aliphatic rings. The fraction of sp³-hybridized carbons (Fsp3) is 0.333. The summed E-state index contributed by atoms with van der Waals surface area (Å²) in [5.41, 5.74) is 2.45. The summed E-state index contributed by atoms with van der Waals surface area (Å²) >= 11 is 0. The number of hydrogen-bond acceptors (Lipinski definition) is 5. The van der Waals surface area contributed by atoms with Crippen molar-refractivity contribution in [3.05, 3.63) is 41.7 Å². The van der Waals surface area contributed by atoms with Crippen molar-refractivity contribution in [3.8, 4) is 5.75 Å². The van der Waals surface area contributed by atoms with Gasteiger partial charge in [0.05, 0.1) is 7.11 Å². The van der Waals surface area contributed by atoms with Crippen molar-refractivity contribution in [1.29, 1.82) is 0 Å². The van der Waals surface area contributed by atoms with Crippen LogP contribution >= 0.6 is 0 Å². The predicted molar refractivity (Wildman–Crippen MR) is 81.3 cm³/mol. The maximum Gasteiger partial charge on any atom is 0.204 e. The van der Waals surface area contributed by atoms with E-state index < -0.39 is 0 Å². The largest absolute Gasteiger partial charge is 0.490 e. The van der Waals surface area contributed by atoms with Crippen LogP contribution in [-0.2, 0) is 6.54 Å². The fourth-order valence-corrected chi connectivity index (χ4v) is 1.88. The molecule has 0 spiro atoms. The molecule has 0 amide bonds. The number of rotatable bonds is 6. The quantitative estimate of drug-likeness (QED) is 0.846. The van der Waals surface area contributed by atoms with Crippen LogP contribution in [0.15, 0.2) is 30.6 Å². The summed E-state index contributed by atoms with van der Waals surface area (Å²) in [5, 5.41) is 6.44. The van der Waals surface area contributed by atoms with E-state index in [9.17, 15) is 0 Å².